The number of carbonyl (C=O) groups is 1. The van der Waals surface area contributed by atoms with E-state index in [1.54, 1.807) is 0 Å². The quantitative estimate of drug-likeness (QED) is 0.526. The molecule has 0 spiro atoms. The van der Waals surface area contributed by atoms with Gasteiger partial charge in [0.15, 0.2) is 0 Å². The topological polar surface area (TPSA) is 38.3 Å². The molecule has 1 aromatic rings. The number of hydrogen-bond acceptors (Lipinski definition) is 2. The fourth-order valence-electron chi connectivity index (χ4n) is 2.25. The van der Waals surface area contributed by atoms with Crippen molar-refractivity contribution in [1.29, 1.82) is 0 Å². The summed E-state index contributed by atoms with van der Waals surface area (Å²) in [6.45, 7) is 0. The Labute approximate surface area is 143 Å². The maximum absolute atomic E-state index is 13.8. The molecule has 3 nitrogen and oxygen atoms in total. The van der Waals surface area contributed by atoms with Gasteiger partial charge in [-0.25, -0.2) is 4.79 Å². The molecule has 1 atom stereocenters. The molecule has 0 saturated heterocycles. The normalized spacial score (nSPS) is 23.3. The first-order valence-corrected chi connectivity index (χ1v) is 8.25. The van der Waals surface area contributed by atoms with Gasteiger partial charge in [-0.1, -0.05) is 33.5 Å². The molecule has 1 aromatic carbocycles. The summed E-state index contributed by atoms with van der Waals surface area (Å²) in [6, 6.07) is 2.55. The zero-order valence-corrected chi connectivity index (χ0v) is 13.9. The van der Waals surface area contributed by atoms with Gasteiger partial charge >= 0.3 is 12.3 Å². The van der Waals surface area contributed by atoms with Crippen LogP contribution in [0.3, 0.4) is 0 Å². The maximum atomic E-state index is 13.8. The second-order valence-corrected chi connectivity index (χ2v) is 6.33. The van der Waals surface area contributed by atoms with Crippen molar-refractivity contribution >= 4 is 39.3 Å². The Bertz CT molecular complexity index is 737. The summed E-state index contributed by atoms with van der Waals surface area (Å²) >= 11 is 9.24. The van der Waals surface area contributed by atoms with Crippen LogP contribution in [-0.4, -0.2) is 12.3 Å². The summed E-state index contributed by atoms with van der Waals surface area (Å²) in [7, 11) is 0. The predicted octanol–water partition coefficient (Wildman–Crippen LogP) is 4.97. The minimum absolute atomic E-state index is 0.00234. The maximum Gasteiger partial charge on any atom is 0.445 e. The van der Waals surface area contributed by atoms with Gasteiger partial charge in [-0.15, -0.1) is 0 Å². The van der Waals surface area contributed by atoms with E-state index in [9.17, 15) is 18.0 Å². The van der Waals surface area contributed by atoms with Crippen molar-refractivity contribution in [1.82, 2.24) is 0 Å². The number of anilines is 1. The molecule has 1 aliphatic heterocycles. The Morgan fingerprint density at radius 1 is 1.43 bits per heavy atom. The zero-order valence-electron chi connectivity index (χ0n) is 11.6. The van der Waals surface area contributed by atoms with E-state index >= 15 is 0 Å². The Hall–Kier alpha value is -1.39. The molecular weight excluding hydrogens is 399 g/mol. The summed E-state index contributed by atoms with van der Waals surface area (Å²) in [5.74, 6) is 4.64. The largest absolute Gasteiger partial charge is 0.445 e. The summed E-state index contributed by atoms with van der Waals surface area (Å²) in [5, 5.41) is 2.76. The average Bonchev–Trinajstić information content (AvgIpc) is 3.27. The van der Waals surface area contributed by atoms with Crippen molar-refractivity contribution in [2.75, 3.05) is 5.32 Å². The van der Waals surface area contributed by atoms with Crippen LogP contribution in [0.4, 0.5) is 23.7 Å². The molecule has 122 valence electrons. The van der Waals surface area contributed by atoms with Crippen LogP contribution in [0.15, 0.2) is 12.1 Å². The second-order valence-electron chi connectivity index (χ2n) is 5.36. The minimum atomic E-state index is -4.89. The highest BCUT2D eigenvalue weighted by molar-refractivity contribution is 9.08. The number of amides is 1. The third kappa shape index (κ3) is 2.90. The van der Waals surface area contributed by atoms with Crippen molar-refractivity contribution in [2.45, 2.75) is 29.9 Å². The van der Waals surface area contributed by atoms with Crippen LogP contribution in [-0.2, 0) is 15.7 Å². The van der Waals surface area contributed by atoms with Crippen LogP contribution < -0.4 is 5.32 Å². The third-order valence-electron chi connectivity index (χ3n) is 3.62. The summed E-state index contributed by atoms with van der Waals surface area (Å²) in [5.41, 5.74) is -2.74. The van der Waals surface area contributed by atoms with Crippen LogP contribution in [0.5, 0.6) is 0 Å². The Kier molecular flexibility index (Phi) is 4.01. The van der Waals surface area contributed by atoms with E-state index in [4.69, 9.17) is 11.6 Å². The lowest BCUT2D eigenvalue weighted by Gasteiger charge is -2.36. The van der Waals surface area contributed by atoms with Gasteiger partial charge in [0, 0.05) is 21.8 Å². The predicted molar refractivity (Wildman–Crippen MR) is 82.4 cm³/mol. The van der Waals surface area contributed by atoms with Crippen LogP contribution >= 0.6 is 27.5 Å². The Morgan fingerprint density at radius 2 is 2.13 bits per heavy atom. The van der Waals surface area contributed by atoms with E-state index < -0.39 is 17.9 Å². The Balaban J connectivity index is 2.23. The van der Waals surface area contributed by atoms with Crippen LogP contribution in [0.2, 0.25) is 5.02 Å². The molecule has 8 heteroatoms. The fourth-order valence-corrected chi connectivity index (χ4v) is 3.11. The lowest BCUT2D eigenvalue weighted by atomic mass is 9.89. The number of fused-ring (bicyclic) bond motifs is 1. The highest BCUT2D eigenvalue weighted by Gasteiger charge is 2.62. The summed E-state index contributed by atoms with van der Waals surface area (Å²) in [4.78, 5) is 11.7. The van der Waals surface area contributed by atoms with Gasteiger partial charge in [-0.3, -0.25) is 5.32 Å². The first-order chi connectivity index (χ1) is 10.8. The molecule has 1 aliphatic carbocycles. The highest BCUT2D eigenvalue weighted by atomic mass is 79.9. The zero-order chi connectivity index (χ0) is 16.8. The first kappa shape index (κ1) is 16.5. The van der Waals surface area contributed by atoms with Crippen molar-refractivity contribution in [2.24, 2.45) is 5.92 Å². The molecule has 1 amide bonds. The SMILES string of the molecule is O=C1Nc2cc(CBr)c(Cl)cc2[C@@](C#CC2CC2)(C(F)(F)F)O1. The minimum Gasteiger partial charge on any atom is -0.415 e. The molecule has 0 unspecified atom stereocenters. The molecule has 1 fully saturated rings. The number of benzene rings is 1. The van der Waals surface area contributed by atoms with E-state index in [1.807, 2.05) is 0 Å². The molecule has 0 aromatic heterocycles. The number of alkyl halides is 4. The molecule has 2 aliphatic rings. The number of cyclic esters (lactones) is 1. The molecular formula is C15H10BrClF3NO2. The average molecular weight is 409 g/mol. The van der Waals surface area contributed by atoms with Gasteiger partial charge in [-0.2, -0.15) is 13.2 Å². The first-order valence-electron chi connectivity index (χ1n) is 6.75. The monoisotopic (exact) mass is 407 g/mol. The standard InChI is InChI=1S/C15H10BrClF3NO2/c16-7-9-5-12-10(6-11(9)17)14(15(18,19)20,23-13(22)21-12)4-3-8-1-2-8/h5-6,8H,1-2,7H2,(H,21,22)/t14-/m0/s1. The van der Waals surface area contributed by atoms with Crippen molar-refractivity contribution < 1.29 is 22.7 Å². The van der Waals surface area contributed by atoms with Gasteiger partial charge in [0.05, 0.1) is 5.69 Å². The highest BCUT2D eigenvalue weighted by Crippen LogP contribution is 2.49. The lowest BCUT2D eigenvalue weighted by molar-refractivity contribution is -0.239. The number of nitrogens with one attached hydrogen (secondary N) is 1. The van der Waals surface area contributed by atoms with Gasteiger partial charge in [0.25, 0.3) is 5.60 Å². The number of hydrogen-bond donors (Lipinski definition) is 1. The van der Waals surface area contributed by atoms with Crippen LogP contribution in [0.25, 0.3) is 0 Å². The van der Waals surface area contributed by atoms with E-state index in [2.05, 4.69) is 37.8 Å². The summed E-state index contributed by atoms with van der Waals surface area (Å²) in [6.07, 6.45) is -4.57. The van der Waals surface area contributed by atoms with Crippen molar-refractivity contribution in [3.8, 4) is 11.8 Å². The van der Waals surface area contributed by atoms with Gasteiger partial charge in [-0.05, 0) is 36.5 Å². The molecule has 3 rings (SSSR count). The van der Waals surface area contributed by atoms with E-state index in [-0.39, 0.29) is 22.2 Å². The summed E-state index contributed by atoms with van der Waals surface area (Å²) < 4.78 is 46.0. The Morgan fingerprint density at radius 3 is 2.70 bits per heavy atom. The van der Waals surface area contributed by atoms with E-state index in [0.717, 1.165) is 18.9 Å². The molecule has 1 saturated carbocycles. The van der Waals surface area contributed by atoms with E-state index in [1.165, 1.54) is 6.07 Å². The third-order valence-corrected chi connectivity index (χ3v) is 4.58. The molecule has 0 radical (unpaired) electrons. The number of rotatable bonds is 1. The van der Waals surface area contributed by atoms with Gasteiger partial charge in [0.1, 0.15) is 0 Å². The molecule has 1 N–H and O–H groups in total. The van der Waals surface area contributed by atoms with Crippen molar-refractivity contribution in [3.05, 3.63) is 28.3 Å². The lowest BCUT2D eigenvalue weighted by Crippen LogP contribution is -2.49. The van der Waals surface area contributed by atoms with E-state index in [0.29, 0.717) is 10.9 Å². The number of halogens is 5. The van der Waals surface area contributed by atoms with Crippen LogP contribution in [0.1, 0.15) is 24.0 Å². The molecule has 1 heterocycles. The van der Waals surface area contributed by atoms with Gasteiger partial charge < -0.3 is 4.74 Å². The van der Waals surface area contributed by atoms with Crippen LogP contribution in [0, 0.1) is 17.8 Å². The molecule has 23 heavy (non-hydrogen) atoms. The van der Waals surface area contributed by atoms with Gasteiger partial charge in [0.2, 0.25) is 0 Å². The number of ether oxygens (including phenoxy) is 1. The smallest absolute Gasteiger partial charge is 0.415 e. The van der Waals surface area contributed by atoms with Crippen molar-refractivity contribution in [3.63, 3.8) is 0 Å². The fraction of sp³-hybridized carbons (Fsp3) is 0.400. The molecule has 0 bridgehead atoms. The number of carbonyl (C=O) groups excluding carboxylic acids is 1. The second kappa shape index (κ2) is 5.60.